The second kappa shape index (κ2) is 10.3. The van der Waals surface area contributed by atoms with Gasteiger partial charge in [-0.2, -0.15) is 0 Å². The van der Waals surface area contributed by atoms with Crippen LogP contribution in [-0.4, -0.2) is 36.5 Å². The molecule has 5 heteroatoms. The zero-order valence-corrected chi connectivity index (χ0v) is 20.9. The predicted molar refractivity (Wildman–Crippen MR) is 133 cm³/mol. The maximum absolute atomic E-state index is 13.1. The van der Waals surface area contributed by atoms with Crippen LogP contribution in [0.1, 0.15) is 75.7 Å². The first-order valence-corrected chi connectivity index (χ1v) is 12.6. The number of benzene rings is 2. The molecule has 0 aromatic heterocycles. The molecule has 1 saturated heterocycles. The van der Waals surface area contributed by atoms with E-state index in [1.165, 1.54) is 37.3 Å². The van der Waals surface area contributed by atoms with Crippen molar-refractivity contribution < 1.29 is 19.1 Å². The van der Waals surface area contributed by atoms with Crippen molar-refractivity contribution in [1.29, 1.82) is 0 Å². The summed E-state index contributed by atoms with van der Waals surface area (Å²) in [6.45, 7) is 7.05. The Morgan fingerprint density at radius 3 is 2.62 bits per heavy atom. The molecule has 2 aliphatic rings. The van der Waals surface area contributed by atoms with Gasteiger partial charge < -0.3 is 14.4 Å². The third-order valence-corrected chi connectivity index (χ3v) is 8.02. The van der Waals surface area contributed by atoms with E-state index in [9.17, 15) is 9.59 Å². The number of fused-ring (bicyclic) bond motifs is 4. The number of piperidine rings is 1. The van der Waals surface area contributed by atoms with Gasteiger partial charge in [-0.05, 0) is 62.0 Å². The molecule has 0 N–H and O–H groups in total. The Bertz CT molecular complexity index is 1020. The zero-order valence-electron chi connectivity index (χ0n) is 20.9. The number of carbonyl (C=O) groups is 2. The standard InChI is InChI=1S/C29H37NO4/c1-5-6-10-15-29-16-17-30(4)26(20(29)2)18-23-13-14-24(19-25(23)29)34-28(32)27(33-21(3)31)22-11-8-7-9-12-22/h7-9,11-14,19-20,26-27H,5-6,10,15-18H2,1-4H3/t20-,26+,27?,29-/m0/s1. The summed E-state index contributed by atoms with van der Waals surface area (Å²) in [5.74, 6) is -0.0280. The van der Waals surface area contributed by atoms with Gasteiger partial charge in [-0.3, -0.25) is 4.79 Å². The molecule has 1 heterocycles. The second-order valence-corrected chi connectivity index (χ2v) is 10.0. The lowest BCUT2D eigenvalue weighted by molar-refractivity contribution is -0.161. The molecular formula is C29H37NO4. The largest absolute Gasteiger partial charge is 0.446 e. The van der Waals surface area contributed by atoms with Crippen LogP contribution >= 0.6 is 0 Å². The summed E-state index contributed by atoms with van der Waals surface area (Å²) in [6, 6.07) is 15.7. The number of nitrogens with zero attached hydrogens (tertiary/aromatic N) is 1. The van der Waals surface area contributed by atoms with Crippen molar-refractivity contribution in [1.82, 2.24) is 4.90 Å². The van der Waals surface area contributed by atoms with E-state index in [-0.39, 0.29) is 5.41 Å². The number of rotatable bonds is 8. The minimum absolute atomic E-state index is 0.108. The van der Waals surface area contributed by atoms with Crippen LogP contribution in [0.3, 0.4) is 0 Å². The van der Waals surface area contributed by atoms with Crippen molar-refractivity contribution in [3.05, 3.63) is 65.2 Å². The van der Waals surface area contributed by atoms with E-state index in [4.69, 9.17) is 9.47 Å². The third-order valence-electron chi connectivity index (χ3n) is 8.02. The monoisotopic (exact) mass is 463 g/mol. The number of unbranched alkanes of at least 4 members (excludes halogenated alkanes) is 2. The molecule has 2 bridgehead atoms. The maximum atomic E-state index is 13.1. The fourth-order valence-corrected chi connectivity index (χ4v) is 6.11. The summed E-state index contributed by atoms with van der Waals surface area (Å²) in [5, 5.41) is 0. The lowest BCUT2D eigenvalue weighted by Crippen LogP contribution is -2.57. The molecule has 1 aliphatic carbocycles. The highest BCUT2D eigenvalue weighted by Gasteiger charge is 2.50. The van der Waals surface area contributed by atoms with E-state index >= 15 is 0 Å². The Morgan fingerprint density at radius 1 is 1.15 bits per heavy atom. The molecule has 182 valence electrons. The summed E-state index contributed by atoms with van der Waals surface area (Å²) in [5.41, 5.74) is 3.42. The van der Waals surface area contributed by atoms with Gasteiger partial charge in [0, 0.05) is 23.9 Å². The molecule has 1 aliphatic heterocycles. The van der Waals surface area contributed by atoms with Crippen molar-refractivity contribution in [2.45, 2.75) is 76.9 Å². The van der Waals surface area contributed by atoms with Gasteiger partial charge >= 0.3 is 11.9 Å². The van der Waals surface area contributed by atoms with Crippen molar-refractivity contribution in [2.24, 2.45) is 5.92 Å². The van der Waals surface area contributed by atoms with E-state index in [0.717, 1.165) is 25.8 Å². The highest BCUT2D eigenvalue weighted by molar-refractivity contribution is 5.82. The Balaban J connectivity index is 1.64. The van der Waals surface area contributed by atoms with E-state index < -0.39 is 18.0 Å². The first-order chi connectivity index (χ1) is 16.4. The summed E-state index contributed by atoms with van der Waals surface area (Å²) in [7, 11) is 2.25. The van der Waals surface area contributed by atoms with Gasteiger partial charge in [0.15, 0.2) is 0 Å². The quantitative estimate of drug-likeness (QED) is 0.289. The van der Waals surface area contributed by atoms with Crippen LogP contribution in [0, 0.1) is 5.92 Å². The molecule has 34 heavy (non-hydrogen) atoms. The van der Waals surface area contributed by atoms with Gasteiger partial charge in [-0.15, -0.1) is 0 Å². The Kier molecular flexibility index (Phi) is 7.42. The molecule has 5 nitrogen and oxygen atoms in total. The van der Waals surface area contributed by atoms with Gasteiger partial charge in [0.2, 0.25) is 6.10 Å². The van der Waals surface area contributed by atoms with Crippen molar-refractivity contribution in [3.63, 3.8) is 0 Å². The molecular weight excluding hydrogens is 426 g/mol. The minimum atomic E-state index is -1.08. The maximum Gasteiger partial charge on any atom is 0.357 e. The number of ether oxygens (including phenoxy) is 2. The molecule has 4 atom stereocenters. The normalized spacial score (nSPS) is 24.7. The molecule has 1 unspecified atom stereocenters. The Hall–Kier alpha value is -2.66. The topological polar surface area (TPSA) is 55.8 Å². The van der Waals surface area contributed by atoms with Crippen LogP contribution in [-0.2, 0) is 26.2 Å². The number of carbonyl (C=O) groups excluding carboxylic acids is 2. The molecule has 0 amide bonds. The van der Waals surface area contributed by atoms with Gasteiger partial charge in [0.25, 0.3) is 0 Å². The van der Waals surface area contributed by atoms with Crippen LogP contribution < -0.4 is 4.74 Å². The molecule has 0 spiro atoms. The Labute approximate surface area is 203 Å². The average Bonchev–Trinajstić information content (AvgIpc) is 2.82. The Morgan fingerprint density at radius 2 is 1.91 bits per heavy atom. The van der Waals surface area contributed by atoms with Crippen LogP contribution in [0.5, 0.6) is 5.75 Å². The lowest BCUT2D eigenvalue weighted by atomic mass is 9.56. The second-order valence-electron chi connectivity index (χ2n) is 10.0. The average molecular weight is 464 g/mol. The number of hydrogen-bond donors (Lipinski definition) is 0. The SMILES string of the molecule is CCCCC[C@@]12CCN(C)[C@H](Cc3ccc(OC(=O)C(OC(C)=O)c4ccccc4)cc31)[C@@H]2C. The summed E-state index contributed by atoms with van der Waals surface area (Å²) >= 11 is 0. The lowest BCUT2D eigenvalue weighted by Gasteiger charge is -2.55. The van der Waals surface area contributed by atoms with Crippen molar-refractivity contribution in [2.75, 3.05) is 13.6 Å². The van der Waals surface area contributed by atoms with Crippen LogP contribution in [0.15, 0.2) is 48.5 Å². The van der Waals surface area contributed by atoms with Crippen molar-refractivity contribution in [3.8, 4) is 5.75 Å². The fourth-order valence-electron chi connectivity index (χ4n) is 6.11. The van der Waals surface area contributed by atoms with Crippen LogP contribution in [0.4, 0.5) is 0 Å². The predicted octanol–water partition coefficient (Wildman–Crippen LogP) is 5.61. The molecule has 1 fully saturated rings. The summed E-state index contributed by atoms with van der Waals surface area (Å²) < 4.78 is 11.2. The minimum Gasteiger partial charge on any atom is -0.446 e. The fraction of sp³-hybridized carbons (Fsp3) is 0.517. The van der Waals surface area contributed by atoms with E-state index in [1.54, 1.807) is 12.1 Å². The van der Waals surface area contributed by atoms with Gasteiger partial charge in [-0.25, -0.2) is 4.79 Å². The number of esters is 2. The van der Waals surface area contributed by atoms with E-state index in [1.807, 2.05) is 24.3 Å². The molecule has 2 aromatic carbocycles. The summed E-state index contributed by atoms with van der Waals surface area (Å²) in [4.78, 5) is 27.3. The molecule has 2 aromatic rings. The van der Waals surface area contributed by atoms with Crippen LogP contribution in [0.25, 0.3) is 0 Å². The summed E-state index contributed by atoms with van der Waals surface area (Å²) in [6.07, 6.45) is 5.88. The van der Waals surface area contributed by atoms with Crippen molar-refractivity contribution >= 4 is 11.9 Å². The number of likely N-dealkylation sites (tertiary alicyclic amines) is 1. The smallest absolute Gasteiger partial charge is 0.357 e. The van der Waals surface area contributed by atoms with E-state index in [2.05, 4.69) is 37.9 Å². The first-order valence-electron chi connectivity index (χ1n) is 12.6. The number of likely N-dealkylation sites (N-methyl/N-ethyl adjacent to an activating group) is 1. The van der Waals surface area contributed by atoms with Gasteiger partial charge in [0.05, 0.1) is 0 Å². The van der Waals surface area contributed by atoms with Gasteiger partial charge in [-0.1, -0.05) is 69.5 Å². The number of hydrogen-bond acceptors (Lipinski definition) is 5. The molecule has 4 rings (SSSR count). The highest BCUT2D eigenvalue weighted by Crippen LogP contribution is 2.52. The van der Waals surface area contributed by atoms with Crippen LogP contribution in [0.2, 0.25) is 0 Å². The van der Waals surface area contributed by atoms with E-state index in [0.29, 0.717) is 23.3 Å². The van der Waals surface area contributed by atoms with Gasteiger partial charge in [0.1, 0.15) is 5.75 Å². The molecule has 0 radical (unpaired) electrons. The first kappa shape index (κ1) is 24.5. The zero-order chi connectivity index (χ0) is 24.3. The highest BCUT2D eigenvalue weighted by atomic mass is 16.6. The molecule has 0 saturated carbocycles. The third kappa shape index (κ3) is 4.76.